The fourth-order valence-corrected chi connectivity index (χ4v) is 3.64. The molecule has 3 heterocycles. The molecule has 1 fully saturated rings. The van der Waals surface area contributed by atoms with Crippen molar-refractivity contribution in [2.24, 2.45) is 0 Å². The van der Waals surface area contributed by atoms with Crippen LogP contribution >= 0.6 is 0 Å². The topological polar surface area (TPSA) is 87.4 Å². The van der Waals surface area contributed by atoms with Crippen LogP contribution in [0.4, 0.5) is 5.69 Å². The van der Waals surface area contributed by atoms with Crippen molar-refractivity contribution in [3.63, 3.8) is 0 Å². The molecule has 0 radical (unpaired) electrons. The number of aryl methyl sites for hydroxylation is 1. The van der Waals surface area contributed by atoms with Crippen molar-refractivity contribution < 1.29 is 9.32 Å². The number of nitrogens with one attached hydrogen (secondary N) is 1. The first-order chi connectivity index (χ1) is 14.7. The molecule has 156 valence electrons. The highest BCUT2D eigenvalue weighted by Gasteiger charge is 2.19. The molecule has 1 amide bonds. The Hall–Kier alpha value is -3.26. The lowest BCUT2D eigenvalue weighted by atomic mass is 10.1. The maximum absolute atomic E-state index is 12.2. The Kier molecular flexibility index (Phi) is 6.34. The molecule has 0 bridgehead atoms. The van der Waals surface area contributed by atoms with E-state index in [-0.39, 0.29) is 11.8 Å². The maximum Gasteiger partial charge on any atom is 0.316 e. The van der Waals surface area contributed by atoms with Gasteiger partial charge in [0.1, 0.15) is 0 Å². The minimum Gasteiger partial charge on any atom is -0.369 e. The number of pyridine rings is 1. The van der Waals surface area contributed by atoms with Crippen LogP contribution in [0, 0.1) is 6.92 Å². The Labute approximate surface area is 175 Å². The molecular weight excluding hydrogens is 380 g/mol. The molecule has 2 aromatic heterocycles. The van der Waals surface area contributed by atoms with Gasteiger partial charge in [-0.1, -0.05) is 23.4 Å². The summed E-state index contributed by atoms with van der Waals surface area (Å²) in [5, 5.41) is 6.71. The summed E-state index contributed by atoms with van der Waals surface area (Å²) in [5.41, 5.74) is 3.36. The number of rotatable bonds is 7. The molecule has 1 aromatic carbocycles. The number of hydrogen-bond donors (Lipinski definition) is 1. The number of benzene rings is 1. The second-order valence-electron chi connectivity index (χ2n) is 7.39. The average Bonchev–Trinajstić information content (AvgIpc) is 3.29. The summed E-state index contributed by atoms with van der Waals surface area (Å²) < 4.78 is 5.07. The number of nitrogens with zero attached hydrogens (tertiary/aromatic N) is 5. The van der Waals surface area contributed by atoms with Crippen LogP contribution in [0.3, 0.4) is 0 Å². The predicted molar refractivity (Wildman–Crippen MR) is 114 cm³/mol. The third-order valence-electron chi connectivity index (χ3n) is 5.31. The van der Waals surface area contributed by atoms with Gasteiger partial charge >= 0.3 is 11.8 Å². The average molecular weight is 406 g/mol. The SMILES string of the molecule is Cc1ccccc1N1CCN(CCCNC(=O)c2nc(-c3cccnc3)no2)CC1. The fraction of sp³-hybridized carbons (Fsp3) is 0.364. The molecule has 0 atom stereocenters. The fourth-order valence-electron chi connectivity index (χ4n) is 3.64. The van der Waals surface area contributed by atoms with Crippen LogP contribution in [-0.4, -0.2) is 65.2 Å². The van der Waals surface area contributed by atoms with E-state index in [2.05, 4.69) is 61.4 Å². The van der Waals surface area contributed by atoms with Gasteiger partial charge in [0.15, 0.2) is 0 Å². The van der Waals surface area contributed by atoms with Crippen LogP contribution in [0.25, 0.3) is 11.4 Å². The van der Waals surface area contributed by atoms with Crippen molar-refractivity contribution in [3.8, 4) is 11.4 Å². The number of aromatic nitrogens is 3. The van der Waals surface area contributed by atoms with Gasteiger partial charge in [-0.25, -0.2) is 0 Å². The van der Waals surface area contributed by atoms with Crippen molar-refractivity contribution in [1.29, 1.82) is 0 Å². The van der Waals surface area contributed by atoms with E-state index in [1.54, 1.807) is 18.5 Å². The summed E-state index contributed by atoms with van der Waals surface area (Å²) in [6.45, 7) is 7.79. The molecule has 1 aliphatic rings. The van der Waals surface area contributed by atoms with Gasteiger partial charge in [-0.15, -0.1) is 0 Å². The highest BCUT2D eigenvalue weighted by Crippen LogP contribution is 2.20. The number of hydrogen-bond acceptors (Lipinski definition) is 7. The van der Waals surface area contributed by atoms with Crippen molar-refractivity contribution >= 4 is 11.6 Å². The lowest BCUT2D eigenvalue weighted by molar-refractivity contribution is 0.0907. The monoisotopic (exact) mass is 406 g/mol. The van der Waals surface area contributed by atoms with E-state index >= 15 is 0 Å². The van der Waals surface area contributed by atoms with E-state index in [9.17, 15) is 4.79 Å². The molecule has 0 saturated carbocycles. The molecule has 1 aliphatic heterocycles. The molecule has 4 rings (SSSR count). The number of piperazine rings is 1. The number of carbonyl (C=O) groups excluding carboxylic acids is 1. The molecule has 30 heavy (non-hydrogen) atoms. The number of amides is 1. The van der Waals surface area contributed by atoms with E-state index < -0.39 is 0 Å². The lowest BCUT2D eigenvalue weighted by Gasteiger charge is -2.36. The van der Waals surface area contributed by atoms with Crippen LogP contribution < -0.4 is 10.2 Å². The zero-order valence-corrected chi connectivity index (χ0v) is 17.1. The van der Waals surface area contributed by atoms with Crippen molar-refractivity contribution in [2.45, 2.75) is 13.3 Å². The Bertz CT molecular complexity index is 967. The Morgan fingerprint density at radius 3 is 2.73 bits per heavy atom. The lowest BCUT2D eigenvalue weighted by Crippen LogP contribution is -2.47. The third-order valence-corrected chi connectivity index (χ3v) is 5.31. The van der Waals surface area contributed by atoms with Gasteiger partial charge in [-0.2, -0.15) is 4.98 Å². The van der Waals surface area contributed by atoms with E-state index in [0.717, 1.165) is 39.1 Å². The highest BCUT2D eigenvalue weighted by molar-refractivity contribution is 5.89. The third kappa shape index (κ3) is 4.83. The Morgan fingerprint density at radius 2 is 1.97 bits per heavy atom. The maximum atomic E-state index is 12.2. The largest absolute Gasteiger partial charge is 0.369 e. The van der Waals surface area contributed by atoms with Gasteiger partial charge in [-0.3, -0.25) is 14.7 Å². The Balaban J connectivity index is 1.18. The van der Waals surface area contributed by atoms with Crippen LogP contribution in [0.15, 0.2) is 53.3 Å². The summed E-state index contributed by atoms with van der Waals surface area (Å²) in [6.07, 6.45) is 4.17. The minimum atomic E-state index is -0.345. The van der Waals surface area contributed by atoms with E-state index in [0.29, 0.717) is 17.9 Å². The van der Waals surface area contributed by atoms with E-state index in [1.807, 2.05) is 6.07 Å². The molecule has 8 heteroatoms. The summed E-state index contributed by atoms with van der Waals surface area (Å²) in [7, 11) is 0. The minimum absolute atomic E-state index is 0.0271. The van der Waals surface area contributed by atoms with E-state index in [4.69, 9.17) is 4.52 Å². The second kappa shape index (κ2) is 9.49. The normalized spacial score (nSPS) is 14.6. The van der Waals surface area contributed by atoms with Crippen LogP contribution in [0.1, 0.15) is 22.7 Å². The van der Waals surface area contributed by atoms with E-state index in [1.165, 1.54) is 11.3 Å². The van der Waals surface area contributed by atoms with Gasteiger partial charge in [0.05, 0.1) is 0 Å². The number of carbonyl (C=O) groups is 1. The van der Waals surface area contributed by atoms with Crippen LogP contribution in [0.5, 0.6) is 0 Å². The van der Waals surface area contributed by atoms with Gasteiger partial charge in [-0.05, 0) is 43.7 Å². The first-order valence-corrected chi connectivity index (χ1v) is 10.3. The Morgan fingerprint density at radius 1 is 1.13 bits per heavy atom. The second-order valence-corrected chi connectivity index (χ2v) is 7.39. The zero-order chi connectivity index (χ0) is 20.8. The van der Waals surface area contributed by atoms with Crippen LogP contribution in [0.2, 0.25) is 0 Å². The smallest absolute Gasteiger partial charge is 0.316 e. The molecule has 3 aromatic rings. The summed E-state index contributed by atoms with van der Waals surface area (Å²) in [5.74, 6) is -0.0116. The van der Waals surface area contributed by atoms with Gasteiger partial charge in [0, 0.05) is 56.4 Å². The molecule has 8 nitrogen and oxygen atoms in total. The first kappa shape index (κ1) is 20.0. The van der Waals surface area contributed by atoms with Gasteiger partial charge in [0.25, 0.3) is 0 Å². The predicted octanol–water partition coefficient (Wildman–Crippen LogP) is 2.38. The van der Waals surface area contributed by atoms with Gasteiger partial charge < -0.3 is 14.7 Å². The van der Waals surface area contributed by atoms with Crippen molar-refractivity contribution in [1.82, 2.24) is 25.3 Å². The molecule has 0 aliphatic carbocycles. The van der Waals surface area contributed by atoms with Gasteiger partial charge in [0.2, 0.25) is 5.82 Å². The summed E-state index contributed by atoms with van der Waals surface area (Å²) >= 11 is 0. The first-order valence-electron chi connectivity index (χ1n) is 10.3. The van der Waals surface area contributed by atoms with Crippen molar-refractivity contribution in [2.75, 3.05) is 44.2 Å². The molecule has 1 saturated heterocycles. The van der Waals surface area contributed by atoms with Crippen LogP contribution in [-0.2, 0) is 0 Å². The molecule has 0 spiro atoms. The highest BCUT2D eigenvalue weighted by atomic mass is 16.5. The zero-order valence-electron chi connectivity index (χ0n) is 17.1. The standard InChI is InChI=1S/C22H26N6O2/c1-17-6-2-3-8-19(17)28-14-12-27(13-15-28)11-5-10-24-21(29)22-25-20(26-30-22)18-7-4-9-23-16-18/h2-4,6-9,16H,5,10-15H2,1H3,(H,24,29). The molecular formula is C22H26N6O2. The summed E-state index contributed by atoms with van der Waals surface area (Å²) in [4.78, 5) is 25.3. The quantitative estimate of drug-likeness (QED) is 0.603. The van der Waals surface area contributed by atoms with Crippen molar-refractivity contribution in [3.05, 3.63) is 60.2 Å². The number of anilines is 1. The summed E-state index contributed by atoms with van der Waals surface area (Å²) in [6, 6.07) is 12.1. The number of para-hydroxylation sites is 1. The molecule has 1 N–H and O–H groups in total. The molecule has 0 unspecified atom stereocenters.